The summed E-state index contributed by atoms with van der Waals surface area (Å²) >= 11 is 0. The van der Waals surface area contributed by atoms with Crippen LogP contribution in [0.4, 0.5) is 5.69 Å². The van der Waals surface area contributed by atoms with Crippen LogP contribution in [0.2, 0.25) is 0 Å². The Bertz CT molecular complexity index is 1390. The molecule has 0 saturated heterocycles. The maximum absolute atomic E-state index is 13.6. The van der Waals surface area contributed by atoms with Gasteiger partial charge < -0.3 is 10.2 Å². The molecule has 4 aromatic rings. The predicted octanol–water partition coefficient (Wildman–Crippen LogP) is 4.34. The van der Waals surface area contributed by atoms with Crippen molar-refractivity contribution in [2.45, 2.75) is 22.9 Å². The quantitative estimate of drug-likeness (QED) is 0.474. The SMILES string of the molecule is O=C(NCc1ccccn1)c1ccc2c(c1)N(Cc1ccccc1)C(=O)c1ccccc1[S@]2=O. The predicted molar refractivity (Wildman–Crippen MR) is 130 cm³/mol. The zero-order valence-electron chi connectivity index (χ0n) is 18.2. The topological polar surface area (TPSA) is 79.4 Å². The molecule has 168 valence electrons. The molecule has 34 heavy (non-hydrogen) atoms. The summed E-state index contributed by atoms with van der Waals surface area (Å²) in [5.74, 6) is -0.550. The Labute approximate surface area is 199 Å². The second-order valence-corrected chi connectivity index (χ2v) is 9.25. The molecule has 2 amide bonds. The summed E-state index contributed by atoms with van der Waals surface area (Å²) < 4.78 is 13.5. The number of carbonyl (C=O) groups is 2. The van der Waals surface area contributed by atoms with Crippen LogP contribution in [0, 0.1) is 0 Å². The van der Waals surface area contributed by atoms with Gasteiger partial charge in [0.25, 0.3) is 11.8 Å². The highest BCUT2D eigenvalue weighted by Crippen LogP contribution is 2.36. The van der Waals surface area contributed by atoms with E-state index in [-0.39, 0.29) is 24.9 Å². The lowest BCUT2D eigenvalue weighted by molar-refractivity contribution is 0.0947. The van der Waals surface area contributed by atoms with Crippen LogP contribution in [-0.2, 0) is 23.9 Å². The number of nitrogens with zero attached hydrogens (tertiary/aromatic N) is 2. The van der Waals surface area contributed by atoms with E-state index in [9.17, 15) is 13.8 Å². The van der Waals surface area contributed by atoms with Gasteiger partial charge in [-0.3, -0.25) is 14.6 Å². The fourth-order valence-electron chi connectivity index (χ4n) is 3.90. The summed E-state index contributed by atoms with van der Waals surface area (Å²) in [6, 6.07) is 27.0. The fraction of sp³-hybridized carbons (Fsp3) is 0.0741. The average molecular weight is 468 g/mol. The normalized spacial score (nSPS) is 14.6. The fourth-order valence-corrected chi connectivity index (χ4v) is 5.25. The molecule has 5 rings (SSSR count). The number of aromatic nitrogens is 1. The van der Waals surface area contributed by atoms with E-state index in [1.54, 1.807) is 53.6 Å². The van der Waals surface area contributed by atoms with Crippen molar-refractivity contribution in [2.75, 3.05) is 4.90 Å². The van der Waals surface area contributed by atoms with E-state index < -0.39 is 10.8 Å². The van der Waals surface area contributed by atoms with Gasteiger partial charge in [0.15, 0.2) is 0 Å². The molecule has 1 atom stereocenters. The van der Waals surface area contributed by atoms with Gasteiger partial charge in [0.05, 0.1) is 50.6 Å². The minimum Gasteiger partial charge on any atom is -0.346 e. The minimum absolute atomic E-state index is 0.252. The molecule has 7 heteroatoms. The van der Waals surface area contributed by atoms with E-state index >= 15 is 0 Å². The van der Waals surface area contributed by atoms with Gasteiger partial charge in [-0.15, -0.1) is 0 Å². The van der Waals surface area contributed by atoms with Gasteiger partial charge in [0.1, 0.15) is 0 Å². The number of hydrogen-bond donors (Lipinski definition) is 1. The summed E-state index contributed by atoms with van der Waals surface area (Å²) in [5.41, 5.74) is 2.91. The number of amides is 2. The van der Waals surface area contributed by atoms with Crippen molar-refractivity contribution in [3.05, 3.63) is 120 Å². The molecule has 0 spiro atoms. The van der Waals surface area contributed by atoms with Crippen molar-refractivity contribution in [3.8, 4) is 0 Å². The van der Waals surface area contributed by atoms with Gasteiger partial charge in [-0.2, -0.15) is 0 Å². The van der Waals surface area contributed by atoms with Crippen LogP contribution in [0.15, 0.2) is 107 Å². The molecule has 1 aromatic heterocycles. The van der Waals surface area contributed by atoms with Crippen LogP contribution >= 0.6 is 0 Å². The maximum atomic E-state index is 13.6. The molecule has 6 nitrogen and oxygen atoms in total. The third kappa shape index (κ3) is 4.25. The van der Waals surface area contributed by atoms with Crippen molar-refractivity contribution in [3.63, 3.8) is 0 Å². The molecule has 0 aliphatic carbocycles. The highest BCUT2D eigenvalue weighted by Gasteiger charge is 2.31. The Morgan fingerprint density at radius 2 is 1.65 bits per heavy atom. The van der Waals surface area contributed by atoms with Gasteiger partial charge in [-0.25, -0.2) is 4.21 Å². The number of anilines is 1. The molecule has 1 N–H and O–H groups in total. The van der Waals surface area contributed by atoms with Gasteiger partial charge in [-0.1, -0.05) is 48.5 Å². The zero-order chi connectivity index (χ0) is 23.5. The van der Waals surface area contributed by atoms with E-state index in [1.165, 1.54) is 0 Å². The lowest BCUT2D eigenvalue weighted by atomic mass is 10.1. The molecule has 0 unspecified atom stereocenters. The van der Waals surface area contributed by atoms with Crippen LogP contribution in [0.1, 0.15) is 32.0 Å². The number of benzene rings is 3. The summed E-state index contributed by atoms with van der Waals surface area (Å²) in [4.78, 5) is 33.3. The molecule has 0 bridgehead atoms. The highest BCUT2D eigenvalue weighted by atomic mass is 32.2. The van der Waals surface area contributed by atoms with Gasteiger partial charge >= 0.3 is 0 Å². The third-order valence-electron chi connectivity index (χ3n) is 5.61. The molecule has 3 aromatic carbocycles. The molecule has 0 saturated carbocycles. The maximum Gasteiger partial charge on any atom is 0.259 e. The van der Waals surface area contributed by atoms with E-state index in [4.69, 9.17) is 0 Å². The molecular formula is C27H21N3O3S. The molecule has 0 radical (unpaired) electrons. The third-order valence-corrected chi connectivity index (χ3v) is 7.11. The zero-order valence-corrected chi connectivity index (χ0v) is 19.0. The smallest absolute Gasteiger partial charge is 0.259 e. The van der Waals surface area contributed by atoms with Gasteiger partial charge in [0, 0.05) is 11.8 Å². The van der Waals surface area contributed by atoms with Crippen LogP contribution < -0.4 is 10.2 Å². The second kappa shape index (κ2) is 9.41. The Balaban J connectivity index is 1.54. The van der Waals surface area contributed by atoms with E-state index in [2.05, 4.69) is 10.3 Å². The van der Waals surface area contributed by atoms with Gasteiger partial charge in [0.2, 0.25) is 0 Å². The Morgan fingerprint density at radius 1 is 0.882 bits per heavy atom. The lowest BCUT2D eigenvalue weighted by Gasteiger charge is -2.23. The first-order valence-electron chi connectivity index (χ1n) is 10.8. The summed E-state index contributed by atoms with van der Waals surface area (Å²) in [6.07, 6.45) is 1.67. The molecule has 0 fully saturated rings. The first-order chi connectivity index (χ1) is 16.6. The van der Waals surface area contributed by atoms with Crippen molar-refractivity contribution in [1.82, 2.24) is 10.3 Å². The summed E-state index contributed by atoms with van der Waals surface area (Å²) in [7, 11) is -1.57. The van der Waals surface area contributed by atoms with Crippen LogP contribution in [0.25, 0.3) is 0 Å². The van der Waals surface area contributed by atoms with Crippen LogP contribution in [0.3, 0.4) is 0 Å². The number of nitrogens with one attached hydrogen (secondary N) is 1. The first kappa shape index (κ1) is 21.7. The monoisotopic (exact) mass is 467 g/mol. The first-order valence-corrected chi connectivity index (χ1v) is 12.0. The number of hydrogen-bond acceptors (Lipinski definition) is 4. The number of rotatable bonds is 5. The van der Waals surface area contributed by atoms with Crippen molar-refractivity contribution in [1.29, 1.82) is 0 Å². The Morgan fingerprint density at radius 3 is 2.44 bits per heavy atom. The Kier molecular flexibility index (Phi) is 6.01. The van der Waals surface area contributed by atoms with Crippen molar-refractivity contribution >= 4 is 28.3 Å². The lowest BCUT2D eigenvalue weighted by Crippen LogP contribution is -2.31. The minimum atomic E-state index is -1.57. The summed E-state index contributed by atoms with van der Waals surface area (Å²) in [5, 5.41) is 2.86. The molecular weight excluding hydrogens is 446 g/mol. The highest BCUT2D eigenvalue weighted by molar-refractivity contribution is 7.85. The Hall–Kier alpha value is -4.10. The molecule has 1 aliphatic heterocycles. The van der Waals surface area contributed by atoms with Crippen LogP contribution in [0.5, 0.6) is 0 Å². The largest absolute Gasteiger partial charge is 0.346 e. The number of pyridine rings is 1. The van der Waals surface area contributed by atoms with E-state index in [0.717, 1.165) is 11.3 Å². The second-order valence-electron chi connectivity index (χ2n) is 7.83. The van der Waals surface area contributed by atoms with Gasteiger partial charge in [-0.05, 0) is 48.0 Å². The number of carbonyl (C=O) groups excluding carboxylic acids is 2. The summed E-state index contributed by atoms with van der Waals surface area (Å²) in [6.45, 7) is 0.567. The standard InChI is InChI=1S/C27H21N3O3S/c31-26(29-17-21-10-6-7-15-28-21)20-13-14-25-23(16-20)30(18-19-8-2-1-3-9-19)27(32)22-11-4-5-12-24(22)34(25)33/h1-16H,17-18H2,(H,29,31)/t34-/m1/s1. The van der Waals surface area contributed by atoms with Crippen molar-refractivity contribution < 1.29 is 13.8 Å². The average Bonchev–Trinajstić information content (AvgIpc) is 2.98. The molecule has 2 heterocycles. The van der Waals surface area contributed by atoms with Crippen molar-refractivity contribution in [2.24, 2.45) is 0 Å². The number of fused-ring (bicyclic) bond motifs is 2. The van der Waals surface area contributed by atoms with E-state index in [0.29, 0.717) is 26.6 Å². The van der Waals surface area contributed by atoms with Crippen LogP contribution in [-0.4, -0.2) is 21.0 Å². The molecule has 1 aliphatic rings. The van der Waals surface area contributed by atoms with E-state index in [1.807, 2.05) is 48.5 Å².